The number of para-hydroxylation sites is 1. The van der Waals surface area contributed by atoms with Crippen LogP contribution in [0.4, 0.5) is 0 Å². The molecule has 2 heteroatoms. The number of hydrogen-bond donors (Lipinski definition) is 0. The quantitative estimate of drug-likeness (QED) is 0.162. The summed E-state index contributed by atoms with van der Waals surface area (Å²) in [5, 5.41) is 7.45. The minimum Gasteiger partial charge on any atom is -0.455 e. The SMILES string of the molecule is C1=Cc2c(c(-c3ccc(-n4c5ccccc5c5cc(-c6cc(-c7cccc8c7CCCC8)cc7c6oc6ccc(-c8cccc9c8CCCC9)cc67)ccc54)cc3)c3ccccc3c2-c2ccccc2)CC1. The average Bonchev–Trinajstić information content (AvgIpc) is 3.99. The van der Waals surface area contributed by atoms with Crippen molar-refractivity contribution in [2.75, 3.05) is 0 Å². The molecule has 2 nitrogen and oxygen atoms in total. The number of aryl methyl sites for hydroxylation is 2. The van der Waals surface area contributed by atoms with Crippen molar-refractivity contribution in [1.29, 1.82) is 0 Å². The molecule has 0 atom stereocenters. The molecule has 0 radical (unpaired) electrons. The molecule has 0 saturated heterocycles. The Morgan fingerprint density at radius 2 is 0.958 bits per heavy atom. The van der Waals surface area contributed by atoms with Crippen molar-refractivity contribution >= 4 is 60.6 Å². The van der Waals surface area contributed by atoms with Crippen LogP contribution in [0.2, 0.25) is 0 Å². The Labute approximate surface area is 420 Å². The monoisotopic (exact) mass is 923 g/mol. The molecule has 0 bridgehead atoms. The van der Waals surface area contributed by atoms with Gasteiger partial charge in [-0.15, -0.1) is 0 Å². The fourth-order valence-electron chi connectivity index (χ4n) is 13.3. The predicted octanol–water partition coefficient (Wildman–Crippen LogP) is 18.9. The number of benzene rings is 10. The van der Waals surface area contributed by atoms with E-state index in [1.54, 1.807) is 0 Å². The van der Waals surface area contributed by atoms with E-state index in [-0.39, 0.29) is 0 Å². The number of fused-ring (bicyclic) bond motifs is 10. The summed E-state index contributed by atoms with van der Waals surface area (Å²) in [5.74, 6) is 0. The van der Waals surface area contributed by atoms with Gasteiger partial charge in [0.25, 0.3) is 0 Å². The van der Waals surface area contributed by atoms with Gasteiger partial charge in [-0.3, -0.25) is 0 Å². The zero-order chi connectivity index (χ0) is 47.3. The topological polar surface area (TPSA) is 18.1 Å². The summed E-state index contributed by atoms with van der Waals surface area (Å²) in [5.41, 5.74) is 27.1. The lowest BCUT2D eigenvalue weighted by Gasteiger charge is -2.24. The van der Waals surface area contributed by atoms with Crippen LogP contribution >= 0.6 is 0 Å². The zero-order valence-corrected chi connectivity index (χ0v) is 40.5. The number of allylic oxidation sites excluding steroid dienone is 1. The molecular formula is C70H53NO. The third kappa shape index (κ3) is 6.55. The average molecular weight is 924 g/mol. The van der Waals surface area contributed by atoms with Crippen molar-refractivity contribution in [2.24, 2.45) is 0 Å². The number of rotatable bonds is 6. The van der Waals surface area contributed by atoms with E-state index in [1.165, 1.54) is 159 Å². The van der Waals surface area contributed by atoms with E-state index >= 15 is 0 Å². The molecular weight excluding hydrogens is 871 g/mol. The first-order valence-corrected chi connectivity index (χ1v) is 26.4. The van der Waals surface area contributed by atoms with E-state index < -0.39 is 0 Å². The summed E-state index contributed by atoms with van der Waals surface area (Å²) in [6.07, 6.45) is 16.4. The van der Waals surface area contributed by atoms with Crippen molar-refractivity contribution in [3.63, 3.8) is 0 Å². The van der Waals surface area contributed by atoms with Crippen LogP contribution in [0.3, 0.4) is 0 Å². The number of aromatic nitrogens is 1. The maximum atomic E-state index is 7.05. The first kappa shape index (κ1) is 41.6. The predicted molar refractivity (Wildman–Crippen MR) is 303 cm³/mol. The van der Waals surface area contributed by atoms with Gasteiger partial charge in [0.2, 0.25) is 0 Å². The molecule has 0 amide bonds. The van der Waals surface area contributed by atoms with Crippen LogP contribution in [-0.2, 0) is 32.1 Å². The maximum Gasteiger partial charge on any atom is 0.143 e. The zero-order valence-electron chi connectivity index (χ0n) is 40.5. The molecule has 2 heterocycles. The van der Waals surface area contributed by atoms with E-state index in [4.69, 9.17) is 4.42 Å². The van der Waals surface area contributed by atoms with E-state index in [9.17, 15) is 0 Å². The van der Waals surface area contributed by atoms with Crippen LogP contribution < -0.4 is 0 Å². The van der Waals surface area contributed by atoms with Gasteiger partial charge in [-0.1, -0.05) is 146 Å². The van der Waals surface area contributed by atoms with Crippen LogP contribution in [0.15, 0.2) is 199 Å². The second-order valence-corrected chi connectivity index (χ2v) is 20.6. The fraction of sp³-hybridized carbons (Fsp3) is 0.143. The van der Waals surface area contributed by atoms with Gasteiger partial charge in [-0.05, 0) is 213 Å². The summed E-state index contributed by atoms with van der Waals surface area (Å²) < 4.78 is 9.51. The molecule has 15 rings (SSSR count). The molecule has 0 N–H and O–H groups in total. The van der Waals surface area contributed by atoms with Crippen LogP contribution in [-0.4, -0.2) is 4.57 Å². The van der Waals surface area contributed by atoms with Crippen LogP contribution in [0, 0.1) is 0 Å². The van der Waals surface area contributed by atoms with Crippen molar-refractivity contribution in [2.45, 2.75) is 64.2 Å². The summed E-state index contributed by atoms with van der Waals surface area (Å²) in [6, 6.07) is 71.1. The van der Waals surface area contributed by atoms with Gasteiger partial charge in [0.15, 0.2) is 0 Å². The number of hydrogen-bond acceptors (Lipinski definition) is 1. The third-order valence-corrected chi connectivity index (χ3v) is 16.7. The molecule has 0 saturated carbocycles. The van der Waals surface area contributed by atoms with Gasteiger partial charge < -0.3 is 8.98 Å². The van der Waals surface area contributed by atoms with E-state index in [0.29, 0.717) is 0 Å². The lowest BCUT2D eigenvalue weighted by molar-refractivity contribution is 0.670. The summed E-state index contributed by atoms with van der Waals surface area (Å²) >= 11 is 0. The highest BCUT2D eigenvalue weighted by Crippen LogP contribution is 2.47. The van der Waals surface area contributed by atoms with Crippen molar-refractivity contribution in [3.8, 4) is 61.3 Å². The van der Waals surface area contributed by atoms with Crippen molar-refractivity contribution < 1.29 is 4.42 Å². The molecule has 0 spiro atoms. The highest BCUT2D eigenvalue weighted by atomic mass is 16.3. The molecule has 72 heavy (non-hydrogen) atoms. The first-order valence-electron chi connectivity index (χ1n) is 26.4. The molecule has 0 fully saturated rings. The lowest BCUT2D eigenvalue weighted by atomic mass is 9.80. The summed E-state index contributed by atoms with van der Waals surface area (Å²) in [4.78, 5) is 0. The van der Waals surface area contributed by atoms with Gasteiger partial charge in [-0.25, -0.2) is 0 Å². The maximum absolute atomic E-state index is 7.05. The molecule has 2 aromatic heterocycles. The van der Waals surface area contributed by atoms with Crippen LogP contribution in [0.25, 0.3) is 122 Å². The smallest absolute Gasteiger partial charge is 0.143 e. The van der Waals surface area contributed by atoms with E-state index in [0.717, 1.165) is 54.5 Å². The second kappa shape index (κ2) is 16.7. The Bertz CT molecular complexity index is 4200. The molecule has 10 aromatic carbocycles. The van der Waals surface area contributed by atoms with Gasteiger partial charge in [0, 0.05) is 32.8 Å². The summed E-state index contributed by atoms with van der Waals surface area (Å²) in [6.45, 7) is 0. The Kier molecular flexibility index (Phi) is 9.65. The van der Waals surface area contributed by atoms with Gasteiger partial charge >= 0.3 is 0 Å². The van der Waals surface area contributed by atoms with Gasteiger partial charge in [-0.2, -0.15) is 0 Å². The van der Waals surface area contributed by atoms with Crippen molar-refractivity contribution in [3.05, 3.63) is 228 Å². The van der Waals surface area contributed by atoms with Crippen LogP contribution in [0.5, 0.6) is 0 Å². The highest BCUT2D eigenvalue weighted by molar-refractivity contribution is 6.15. The number of furan rings is 1. The normalized spacial score (nSPS) is 14.3. The second-order valence-electron chi connectivity index (χ2n) is 20.6. The molecule has 344 valence electrons. The largest absolute Gasteiger partial charge is 0.455 e. The number of nitrogens with zero attached hydrogens (tertiary/aromatic N) is 1. The Morgan fingerprint density at radius 3 is 1.74 bits per heavy atom. The Balaban J connectivity index is 0.891. The minimum atomic E-state index is 0.935. The third-order valence-electron chi connectivity index (χ3n) is 16.7. The standard InChI is InChI=1S/C70H53NO/c1-2-18-46(19-3-1)68-57-25-8-10-27-59(57)69(60-28-11-9-26-58(60)68)47-32-36-51(37-33-47)71-65-31-13-12-24-56(65)62-40-49(34-38-66(62)71)61-42-50(55-30-15-21-45-17-5-7-23-53(45)55)43-64-63-41-48(35-39-67(63)72-70(61)64)54-29-14-20-44-16-4-6-22-52(44)54/h1-3,8-10,12-15,18-21,24-27,29-43H,4-7,11,16-17,22-23,28H2. The van der Waals surface area contributed by atoms with Gasteiger partial charge in [0.1, 0.15) is 11.2 Å². The van der Waals surface area contributed by atoms with Crippen molar-refractivity contribution in [1.82, 2.24) is 4.57 Å². The van der Waals surface area contributed by atoms with E-state index in [2.05, 4.69) is 205 Å². The Morgan fingerprint density at radius 1 is 0.361 bits per heavy atom. The molecule has 3 aliphatic rings. The van der Waals surface area contributed by atoms with E-state index in [1.807, 2.05) is 0 Å². The molecule has 0 aliphatic heterocycles. The first-order chi connectivity index (χ1) is 35.7. The molecule has 3 aliphatic carbocycles. The fourth-order valence-corrected chi connectivity index (χ4v) is 13.3. The van der Waals surface area contributed by atoms with Crippen LogP contribution in [0.1, 0.15) is 65.5 Å². The lowest BCUT2D eigenvalue weighted by Crippen LogP contribution is -2.04. The molecule has 12 aromatic rings. The van der Waals surface area contributed by atoms with Gasteiger partial charge in [0.05, 0.1) is 11.0 Å². The summed E-state index contributed by atoms with van der Waals surface area (Å²) in [7, 11) is 0. The minimum absolute atomic E-state index is 0.935. The molecule has 0 unspecified atom stereocenters. The Hall–Kier alpha value is -8.20. The highest BCUT2D eigenvalue weighted by Gasteiger charge is 2.24.